The number of hydrazone groups is 1. The number of nitrogens with zero attached hydrogens (tertiary/aromatic N) is 2. The Morgan fingerprint density at radius 1 is 1.77 bits per heavy atom. The highest BCUT2D eigenvalue weighted by atomic mass is 16.5. The lowest BCUT2D eigenvalue weighted by molar-refractivity contribution is 0.0838. The zero-order valence-electron chi connectivity index (χ0n) is 8.29. The van der Waals surface area contributed by atoms with Gasteiger partial charge in [0, 0.05) is 32.6 Å². The van der Waals surface area contributed by atoms with Gasteiger partial charge in [-0.05, 0) is 6.92 Å². The fourth-order valence-corrected chi connectivity index (χ4v) is 1.38. The Labute approximate surface area is 79.3 Å². The first kappa shape index (κ1) is 10.2. The summed E-state index contributed by atoms with van der Waals surface area (Å²) in [6.45, 7) is 8.01. The SMILES string of the molecule is C=NN1CC(OC)CNC/C1=C/C. The van der Waals surface area contributed by atoms with Gasteiger partial charge in [-0.3, -0.25) is 5.01 Å². The zero-order chi connectivity index (χ0) is 9.68. The molecule has 1 unspecified atom stereocenters. The summed E-state index contributed by atoms with van der Waals surface area (Å²) >= 11 is 0. The number of rotatable bonds is 2. The fraction of sp³-hybridized carbons (Fsp3) is 0.667. The molecule has 4 nitrogen and oxygen atoms in total. The van der Waals surface area contributed by atoms with Crippen molar-refractivity contribution >= 4 is 6.72 Å². The number of ether oxygens (including phenoxy) is 1. The van der Waals surface area contributed by atoms with Crippen molar-refractivity contribution < 1.29 is 4.74 Å². The fourth-order valence-electron chi connectivity index (χ4n) is 1.38. The van der Waals surface area contributed by atoms with E-state index in [0.717, 1.165) is 25.3 Å². The van der Waals surface area contributed by atoms with Gasteiger partial charge in [-0.25, -0.2) is 0 Å². The lowest BCUT2D eigenvalue weighted by atomic mass is 10.3. The smallest absolute Gasteiger partial charge is 0.0891 e. The Morgan fingerprint density at radius 3 is 3.08 bits per heavy atom. The third-order valence-corrected chi connectivity index (χ3v) is 2.22. The summed E-state index contributed by atoms with van der Waals surface area (Å²) in [6.07, 6.45) is 2.22. The van der Waals surface area contributed by atoms with E-state index in [-0.39, 0.29) is 6.10 Å². The number of allylic oxidation sites excluding steroid dienone is 1. The summed E-state index contributed by atoms with van der Waals surface area (Å²) < 4.78 is 5.28. The van der Waals surface area contributed by atoms with Gasteiger partial charge in [0.1, 0.15) is 0 Å². The molecule has 0 radical (unpaired) electrons. The molecule has 0 saturated carbocycles. The molecule has 0 aliphatic carbocycles. The molecule has 1 aliphatic rings. The van der Waals surface area contributed by atoms with Crippen molar-refractivity contribution in [2.24, 2.45) is 5.10 Å². The van der Waals surface area contributed by atoms with E-state index in [2.05, 4.69) is 17.1 Å². The van der Waals surface area contributed by atoms with Gasteiger partial charge in [0.25, 0.3) is 0 Å². The van der Waals surface area contributed by atoms with Crippen molar-refractivity contribution in [3.63, 3.8) is 0 Å². The lowest BCUT2D eigenvalue weighted by Gasteiger charge is -2.21. The maximum absolute atomic E-state index is 5.28. The molecular weight excluding hydrogens is 166 g/mol. The Morgan fingerprint density at radius 2 is 2.54 bits per heavy atom. The van der Waals surface area contributed by atoms with Crippen molar-refractivity contribution in [1.82, 2.24) is 10.3 Å². The van der Waals surface area contributed by atoms with Gasteiger partial charge < -0.3 is 10.1 Å². The van der Waals surface area contributed by atoms with E-state index in [1.807, 2.05) is 18.0 Å². The molecule has 0 aromatic rings. The summed E-state index contributed by atoms with van der Waals surface area (Å²) in [7, 11) is 1.72. The Balaban J connectivity index is 2.67. The van der Waals surface area contributed by atoms with Crippen molar-refractivity contribution in [1.29, 1.82) is 0 Å². The predicted octanol–water partition coefficient (Wildman–Crippen LogP) is 0.426. The first-order valence-electron chi connectivity index (χ1n) is 4.44. The van der Waals surface area contributed by atoms with Crippen LogP contribution in [0.15, 0.2) is 16.9 Å². The van der Waals surface area contributed by atoms with E-state index in [0.29, 0.717) is 0 Å². The van der Waals surface area contributed by atoms with Crippen molar-refractivity contribution in [3.8, 4) is 0 Å². The van der Waals surface area contributed by atoms with Crippen LogP contribution in [0.2, 0.25) is 0 Å². The standard InChI is InChI=1S/C9H17N3O/c1-4-8-5-11-6-9(13-3)7-12(8)10-2/h4,9,11H,2,5-7H2,1,3H3/b8-4-. The van der Waals surface area contributed by atoms with Gasteiger partial charge in [-0.15, -0.1) is 0 Å². The summed E-state index contributed by atoms with van der Waals surface area (Å²) in [5.74, 6) is 0. The molecular formula is C9H17N3O. The highest BCUT2D eigenvalue weighted by Gasteiger charge is 2.18. The number of hydrogen-bond donors (Lipinski definition) is 1. The molecule has 1 atom stereocenters. The Hall–Kier alpha value is -0.870. The van der Waals surface area contributed by atoms with Crippen LogP contribution in [0.1, 0.15) is 6.92 Å². The average molecular weight is 183 g/mol. The molecule has 1 rings (SSSR count). The first-order chi connectivity index (χ1) is 6.31. The van der Waals surface area contributed by atoms with Crippen LogP contribution in [0, 0.1) is 0 Å². The van der Waals surface area contributed by atoms with Crippen LogP contribution >= 0.6 is 0 Å². The van der Waals surface area contributed by atoms with E-state index < -0.39 is 0 Å². The third-order valence-electron chi connectivity index (χ3n) is 2.22. The molecule has 4 heteroatoms. The largest absolute Gasteiger partial charge is 0.378 e. The molecule has 0 aromatic heterocycles. The van der Waals surface area contributed by atoms with Crippen molar-refractivity contribution in [2.45, 2.75) is 13.0 Å². The van der Waals surface area contributed by atoms with Crippen LogP contribution in [0.25, 0.3) is 0 Å². The number of methoxy groups -OCH3 is 1. The van der Waals surface area contributed by atoms with Crippen LogP contribution < -0.4 is 5.32 Å². The molecule has 13 heavy (non-hydrogen) atoms. The molecule has 1 N–H and O–H groups in total. The first-order valence-corrected chi connectivity index (χ1v) is 4.44. The molecule has 1 aliphatic heterocycles. The van der Waals surface area contributed by atoms with Gasteiger partial charge >= 0.3 is 0 Å². The van der Waals surface area contributed by atoms with Crippen LogP contribution in [-0.4, -0.2) is 44.6 Å². The maximum Gasteiger partial charge on any atom is 0.0891 e. The minimum absolute atomic E-state index is 0.183. The van der Waals surface area contributed by atoms with Crippen molar-refractivity contribution in [2.75, 3.05) is 26.7 Å². The monoisotopic (exact) mass is 183 g/mol. The molecule has 0 amide bonds. The minimum atomic E-state index is 0.183. The van der Waals surface area contributed by atoms with Gasteiger partial charge in [0.05, 0.1) is 12.6 Å². The second-order valence-corrected chi connectivity index (χ2v) is 2.99. The van der Waals surface area contributed by atoms with E-state index >= 15 is 0 Å². The van der Waals surface area contributed by atoms with Crippen LogP contribution in [-0.2, 0) is 4.74 Å². The number of hydrogen-bond acceptors (Lipinski definition) is 4. The van der Waals surface area contributed by atoms with Gasteiger partial charge in [-0.2, -0.15) is 5.10 Å². The lowest BCUT2D eigenvalue weighted by Crippen LogP contribution is -2.31. The molecule has 1 heterocycles. The molecule has 0 spiro atoms. The molecule has 0 aromatic carbocycles. The predicted molar refractivity (Wildman–Crippen MR) is 53.7 cm³/mol. The van der Waals surface area contributed by atoms with E-state index in [9.17, 15) is 0 Å². The zero-order valence-corrected chi connectivity index (χ0v) is 8.29. The summed E-state index contributed by atoms with van der Waals surface area (Å²) in [5.41, 5.74) is 1.15. The normalized spacial score (nSPS) is 27.4. The molecule has 1 fully saturated rings. The number of nitrogens with one attached hydrogen (secondary N) is 1. The second kappa shape index (κ2) is 4.99. The average Bonchev–Trinajstić information content (AvgIpc) is 2.38. The van der Waals surface area contributed by atoms with Crippen LogP contribution in [0.5, 0.6) is 0 Å². The van der Waals surface area contributed by atoms with Crippen LogP contribution in [0.3, 0.4) is 0 Å². The molecule has 74 valence electrons. The van der Waals surface area contributed by atoms with Crippen molar-refractivity contribution in [3.05, 3.63) is 11.8 Å². The van der Waals surface area contributed by atoms with Crippen LogP contribution in [0.4, 0.5) is 0 Å². The van der Waals surface area contributed by atoms with Gasteiger partial charge in [0.15, 0.2) is 0 Å². The van der Waals surface area contributed by atoms with E-state index in [4.69, 9.17) is 4.74 Å². The third kappa shape index (κ3) is 2.54. The van der Waals surface area contributed by atoms with E-state index in [1.165, 1.54) is 0 Å². The highest BCUT2D eigenvalue weighted by Crippen LogP contribution is 2.09. The summed E-state index contributed by atoms with van der Waals surface area (Å²) in [6, 6.07) is 0. The Bertz CT molecular complexity index is 203. The second-order valence-electron chi connectivity index (χ2n) is 2.99. The molecule has 0 bridgehead atoms. The quantitative estimate of drug-likeness (QED) is 0.631. The summed E-state index contributed by atoms with van der Waals surface area (Å²) in [4.78, 5) is 0. The molecule has 1 saturated heterocycles. The highest BCUT2D eigenvalue weighted by molar-refractivity contribution is 5.24. The van der Waals surface area contributed by atoms with E-state index in [1.54, 1.807) is 7.11 Å². The van der Waals surface area contributed by atoms with Gasteiger partial charge in [-0.1, -0.05) is 6.08 Å². The maximum atomic E-state index is 5.28. The van der Waals surface area contributed by atoms with Gasteiger partial charge in [0.2, 0.25) is 0 Å². The summed E-state index contributed by atoms with van der Waals surface area (Å²) in [5, 5.41) is 9.13. The minimum Gasteiger partial charge on any atom is -0.378 e. The topological polar surface area (TPSA) is 36.9 Å². The Kier molecular flexibility index (Phi) is 3.92.